The van der Waals surface area contributed by atoms with Gasteiger partial charge in [-0.1, -0.05) is 0 Å². The lowest BCUT2D eigenvalue weighted by Gasteiger charge is -2.29. The van der Waals surface area contributed by atoms with Gasteiger partial charge in [0.15, 0.2) is 0 Å². The molecule has 1 amide bonds. The van der Waals surface area contributed by atoms with Gasteiger partial charge in [0.1, 0.15) is 11.4 Å². The van der Waals surface area contributed by atoms with Gasteiger partial charge in [0.05, 0.1) is 11.6 Å². The number of likely N-dealkylation sites (tertiary alicyclic amines) is 1. The molecule has 0 radical (unpaired) electrons. The normalized spacial score (nSPS) is 18.8. The Bertz CT molecular complexity index is 1290. The molecule has 0 saturated carbocycles. The van der Waals surface area contributed by atoms with Crippen molar-refractivity contribution in [1.82, 2.24) is 19.8 Å². The predicted molar refractivity (Wildman–Crippen MR) is 145 cm³/mol. The second-order valence-electron chi connectivity index (χ2n) is 10.9. The lowest BCUT2D eigenvalue weighted by atomic mass is 10.1. The Labute approximate surface area is 217 Å². The van der Waals surface area contributed by atoms with E-state index in [1.165, 1.54) is 0 Å². The van der Waals surface area contributed by atoms with Gasteiger partial charge in [0, 0.05) is 60.8 Å². The van der Waals surface area contributed by atoms with Gasteiger partial charge >= 0.3 is 6.09 Å². The van der Waals surface area contributed by atoms with Crippen molar-refractivity contribution in [3.8, 4) is 0 Å². The third-order valence-corrected chi connectivity index (χ3v) is 7.01. The highest BCUT2D eigenvalue weighted by Crippen LogP contribution is 2.35. The van der Waals surface area contributed by atoms with E-state index in [1.54, 1.807) is 16.8 Å². The van der Waals surface area contributed by atoms with Gasteiger partial charge in [-0.2, -0.15) is 0 Å². The van der Waals surface area contributed by atoms with Crippen LogP contribution < -0.4 is 15.5 Å². The van der Waals surface area contributed by atoms with Crippen molar-refractivity contribution >= 4 is 34.4 Å². The molecule has 2 aromatic heterocycles. The number of ether oxygens (including phenoxy) is 1. The number of hydrogen-bond donors (Lipinski definition) is 2. The van der Waals surface area contributed by atoms with E-state index in [0.717, 1.165) is 62.3 Å². The minimum Gasteiger partial charge on any atom is -0.443 e. The molecule has 0 unspecified atom stereocenters. The van der Waals surface area contributed by atoms with Gasteiger partial charge in [0.25, 0.3) is 5.91 Å². The fraction of sp³-hybridized carbons (Fsp3) is 0.464. The van der Waals surface area contributed by atoms with Gasteiger partial charge in [-0.05, 0) is 77.5 Å². The van der Waals surface area contributed by atoms with Crippen molar-refractivity contribution in [2.24, 2.45) is 0 Å². The quantitative estimate of drug-likeness (QED) is 0.549. The SMILES string of the molecule is CN1CCC[C@@H]1c1cc2cnc(NC(=O)c3ccc(N4CCNCC4)cc3)cc2n1C(=O)OC(C)(C)C. The summed E-state index contributed by atoms with van der Waals surface area (Å²) < 4.78 is 7.41. The van der Waals surface area contributed by atoms with Crippen molar-refractivity contribution in [2.75, 3.05) is 50.0 Å². The van der Waals surface area contributed by atoms with Crippen LogP contribution in [0.3, 0.4) is 0 Å². The van der Waals surface area contributed by atoms with Gasteiger partial charge < -0.3 is 20.3 Å². The second-order valence-corrected chi connectivity index (χ2v) is 10.9. The molecule has 9 nitrogen and oxygen atoms in total. The molecule has 5 rings (SSSR count). The molecule has 2 saturated heterocycles. The molecule has 4 heterocycles. The molecule has 2 aliphatic heterocycles. The Hall–Kier alpha value is -3.43. The molecule has 2 N–H and O–H groups in total. The summed E-state index contributed by atoms with van der Waals surface area (Å²) in [7, 11) is 2.08. The highest BCUT2D eigenvalue weighted by Gasteiger charge is 2.30. The smallest absolute Gasteiger partial charge is 0.419 e. The Morgan fingerprint density at radius 1 is 1.08 bits per heavy atom. The maximum Gasteiger partial charge on any atom is 0.419 e. The van der Waals surface area contributed by atoms with E-state index in [2.05, 4.69) is 32.5 Å². The standard InChI is InChI=1S/C28H36N6O3/c1-28(2,3)37-27(36)34-23-17-25(30-18-20(23)16-24(34)22-6-5-13-32(22)4)31-26(35)19-7-9-21(10-8-19)33-14-11-29-12-15-33/h7-10,16-18,22,29H,5-6,11-15H2,1-4H3,(H,30,31,35)/t22-/m1/s1. The molecule has 2 fully saturated rings. The number of hydrogen-bond acceptors (Lipinski definition) is 7. The molecule has 1 aromatic carbocycles. The first-order valence-corrected chi connectivity index (χ1v) is 13.0. The first kappa shape index (κ1) is 25.2. The average Bonchev–Trinajstić information content (AvgIpc) is 3.46. The highest BCUT2D eigenvalue weighted by molar-refractivity contribution is 6.05. The van der Waals surface area contributed by atoms with Crippen molar-refractivity contribution < 1.29 is 14.3 Å². The van der Waals surface area contributed by atoms with E-state index >= 15 is 0 Å². The minimum absolute atomic E-state index is 0.118. The fourth-order valence-electron chi connectivity index (χ4n) is 5.17. The Kier molecular flexibility index (Phi) is 6.92. The van der Waals surface area contributed by atoms with E-state index in [-0.39, 0.29) is 11.9 Å². The molecule has 1 atom stereocenters. The largest absolute Gasteiger partial charge is 0.443 e. The number of carbonyl (C=O) groups excluding carboxylic acids is 2. The Balaban J connectivity index is 1.42. The molecular weight excluding hydrogens is 468 g/mol. The minimum atomic E-state index is -0.631. The number of nitrogens with one attached hydrogen (secondary N) is 2. The maximum atomic E-state index is 13.3. The average molecular weight is 505 g/mol. The first-order valence-electron chi connectivity index (χ1n) is 13.0. The predicted octanol–water partition coefficient (Wildman–Crippen LogP) is 4.25. The van der Waals surface area contributed by atoms with Crippen LogP contribution in [-0.2, 0) is 4.74 Å². The van der Waals surface area contributed by atoms with Gasteiger partial charge in [-0.25, -0.2) is 14.3 Å². The van der Waals surface area contributed by atoms with Crippen LogP contribution in [0.4, 0.5) is 16.3 Å². The van der Waals surface area contributed by atoms with Crippen LogP contribution in [-0.4, -0.2) is 71.8 Å². The summed E-state index contributed by atoms with van der Waals surface area (Å²) in [5, 5.41) is 7.08. The zero-order valence-corrected chi connectivity index (χ0v) is 22.1. The molecule has 2 aliphatic rings. The number of aromatic nitrogens is 2. The van der Waals surface area contributed by atoms with E-state index in [9.17, 15) is 9.59 Å². The number of pyridine rings is 1. The van der Waals surface area contributed by atoms with Crippen LogP contribution in [0.15, 0.2) is 42.6 Å². The molecule has 0 spiro atoms. The third kappa shape index (κ3) is 5.47. The van der Waals surface area contributed by atoms with E-state index in [0.29, 0.717) is 16.9 Å². The summed E-state index contributed by atoms with van der Waals surface area (Å²) in [6.45, 7) is 10.4. The monoisotopic (exact) mass is 504 g/mol. The van der Waals surface area contributed by atoms with Gasteiger partial charge in [0.2, 0.25) is 0 Å². The molecule has 37 heavy (non-hydrogen) atoms. The van der Waals surface area contributed by atoms with E-state index in [1.807, 2.05) is 51.1 Å². The van der Waals surface area contributed by atoms with Crippen LogP contribution in [0.25, 0.3) is 10.9 Å². The number of amides is 1. The number of nitrogens with zero attached hydrogens (tertiary/aromatic N) is 4. The molecule has 3 aromatic rings. The van der Waals surface area contributed by atoms with Crippen molar-refractivity contribution in [2.45, 2.75) is 45.3 Å². The summed E-state index contributed by atoms with van der Waals surface area (Å²) in [4.78, 5) is 35.4. The van der Waals surface area contributed by atoms with Crippen molar-refractivity contribution in [3.63, 3.8) is 0 Å². The maximum absolute atomic E-state index is 13.3. The summed E-state index contributed by atoms with van der Waals surface area (Å²) in [5.74, 6) is 0.141. The number of piperazine rings is 1. The lowest BCUT2D eigenvalue weighted by Crippen LogP contribution is -2.43. The van der Waals surface area contributed by atoms with Gasteiger partial charge in [-0.15, -0.1) is 0 Å². The molecule has 0 aliphatic carbocycles. The van der Waals surface area contributed by atoms with E-state index in [4.69, 9.17) is 4.74 Å². The number of fused-ring (bicyclic) bond motifs is 1. The zero-order valence-electron chi connectivity index (χ0n) is 22.1. The second kappa shape index (κ2) is 10.1. The van der Waals surface area contributed by atoms with Crippen LogP contribution in [0.1, 0.15) is 55.7 Å². The van der Waals surface area contributed by atoms with E-state index < -0.39 is 11.7 Å². The molecule has 196 valence electrons. The Morgan fingerprint density at radius 2 is 1.81 bits per heavy atom. The van der Waals surface area contributed by atoms with Gasteiger partial charge in [-0.3, -0.25) is 9.69 Å². The highest BCUT2D eigenvalue weighted by atomic mass is 16.6. The lowest BCUT2D eigenvalue weighted by molar-refractivity contribution is 0.0534. The summed E-state index contributed by atoms with van der Waals surface area (Å²) >= 11 is 0. The van der Waals surface area contributed by atoms with Crippen molar-refractivity contribution in [3.05, 3.63) is 53.9 Å². The zero-order chi connectivity index (χ0) is 26.2. The molecule has 9 heteroatoms. The topological polar surface area (TPSA) is 91.7 Å². The van der Waals surface area contributed by atoms with Crippen molar-refractivity contribution in [1.29, 1.82) is 0 Å². The van der Waals surface area contributed by atoms with Crippen LogP contribution >= 0.6 is 0 Å². The molecular formula is C28H36N6O3. The number of rotatable bonds is 4. The number of anilines is 2. The van der Waals surface area contributed by atoms with Crippen LogP contribution in [0.5, 0.6) is 0 Å². The third-order valence-electron chi connectivity index (χ3n) is 7.01. The number of benzene rings is 1. The summed E-state index contributed by atoms with van der Waals surface area (Å²) in [6, 6.07) is 11.5. The van der Waals surface area contributed by atoms with Crippen LogP contribution in [0.2, 0.25) is 0 Å². The fourth-order valence-corrected chi connectivity index (χ4v) is 5.17. The van der Waals surface area contributed by atoms with Crippen LogP contribution in [0, 0.1) is 0 Å². The first-order chi connectivity index (χ1) is 17.7. The Morgan fingerprint density at radius 3 is 2.46 bits per heavy atom. The molecule has 0 bridgehead atoms. The summed E-state index contributed by atoms with van der Waals surface area (Å²) in [6.07, 6.45) is 3.32. The number of carbonyl (C=O) groups is 2. The summed E-state index contributed by atoms with van der Waals surface area (Å²) in [5.41, 5.74) is 2.59.